The summed E-state index contributed by atoms with van der Waals surface area (Å²) in [6.45, 7) is 1.59. The van der Waals surface area contributed by atoms with E-state index in [0.29, 0.717) is 22.4 Å². The lowest BCUT2D eigenvalue weighted by molar-refractivity contribution is 0.0954. The van der Waals surface area contributed by atoms with Crippen LogP contribution < -0.4 is 10.9 Å². The van der Waals surface area contributed by atoms with Crippen molar-refractivity contribution >= 4 is 33.2 Å². The van der Waals surface area contributed by atoms with E-state index in [9.17, 15) is 9.59 Å². The average molecular weight is 399 g/mol. The van der Waals surface area contributed by atoms with Gasteiger partial charge in [0.25, 0.3) is 11.5 Å². The number of benzene rings is 1. The fourth-order valence-corrected chi connectivity index (χ4v) is 4.97. The van der Waals surface area contributed by atoms with Gasteiger partial charge in [0.2, 0.25) is 0 Å². The van der Waals surface area contributed by atoms with Crippen LogP contribution in [-0.4, -0.2) is 46.4 Å². The number of fused-ring (bicyclic) bond motifs is 3. The molecule has 6 nitrogen and oxygen atoms in total. The van der Waals surface area contributed by atoms with Crippen LogP contribution in [-0.2, 0) is 0 Å². The summed E-state index contributed by atoms with van der Waals surface area (Å²) in [5.41, 5.74) is 1.32. The van der Waals surface area contributed by atoms with Gasteiger partial charge in [-0.1, -0.05) is 42.7 Å². The molecule has 0 atom stereocenters. The number of para-hydroxylation sites is 2. The van der Waals surface area contributed by atoms with E-state index < -0.39 is 0 Å². The molecular weight excluding hydrogens is 372 g/mol. The smallest absolute Gasteiger partial charge is 0.261 e. The van der Waals surface area contributed by atoms with Crippen LogP contribution in [0.15, 0.2) is 35.1 Å². The molecular formula is C21H26N4O2S. The molecule has 3 aromatic rings. The summed E-state index contributed by atoms with van der Waals surface area (Å²) >= 11 is 1.25. The molecule has 28 heavy (non-hydrogen) atoms. The first kappa shape index (κ1) is 19.1. The fraction of sp³-hybridized carbons (Fsp3) is 0.476. The zero-order chi connectivity index (χ0) is 19.5. The second-order valence-electron chi connectivity index (χ2n) is 7.55. The molecule has 4 rings (SSSR count). The van der Waals surface area contributed by atoms with Crippen molar-refractivity contribution in [3.05, 3.63) is 45.6 Å². The van der Waals surface area contributed by atoms with Crippen molar-refractivity contribution in [2.45, 2.75) is 44.6 Å². The number of imidazole rings is 1. The quantitative estimate of drug-likeness (QED) is 0.647. The second-order valence-corrected chi connectivity index (χ2v) is 8.56. The van der Waals surface area contributed by atoms with Crippen molar-refractivity contribution in [3.8, 4) is 0 Å². The van der Waals surface area contributed by atoms with E-state index in [1.165, 1.54) is 49.5 Å². The number of carbonyl (C=O) groups is 1. The Morgan fingerprint density at radius 3 is 2.89 bits per heavy atom. The lowest BCUT2D eigenvalue weighted by Crippen LogP contribution is -2.35. The molecule has 1 aliphatic carbocycles. The van der Waals surface area contributed by atoms with E-state index in [-0.39, 0.29) is 11.5 Å². The molecule has 0 radical (unpaired) electrons. The van der Waals surface area contributed by atoms with Gasteiger partial charge in [0.05, 0.1) is 11.0 Å². The summed E-state index contributed by atoms with van der Waals surface area (Å²) in [6, 6.07) is 9.61. The number of rotatable bonds is 6. The number of hydrogen-bond donors (Lipinski definition) is 1. The maximum atomic E-state index is 12.5. The van der Waals surface area contributed by atoms with Gasteiger partial charge in [0.1, 0.15) is 4.88 Å². The highest BCUT2D eigenvalue weighted by atomic mass is 32.1. The van der Waals surface area contributed by atoms with E-state index in [4.69, 9.17) is 0 Å². The van der Waals surface area contributed by atoms with Crippen molar-refractivity contribution in [2.24, 2.45) is 0 Å². The van der Waals surface area contributed by atoms with Crippen LogP contribution in [0.1, 0.15) is 48.2 Å². The third-order valence-corrected chi connectivity index (χ3v) is 6.58. The van der Waals surface area contributed by atoms with E-state index in [1.54, 1.807) is 4.40 Å². The van der Waals surface area contributed by atoms with Gasteiger partial charge in [-0.2, -0.15) is 0 Å². The molecule has 2 heterocycles. The summed E-state index contributed by atoms with van der Waals surface area (Å²) in [6.07, 6.45) is 7.50. The van der Waals surface area contributed by atoms with Crippen LogP contribution in [0.3, 0.4) is 0 Å². The second kappa shape index (κ2) is 8.41. The monoisotopic (exact) mass is 398 g/mol. The molecule has 1 amide bonds. The summed E-state index contributed by atoms with van der Waals surface area (Å²) in [5.74, 6) is -0.197. The van der Waals surface area contributed by atoms with Crippen molar-refractivity contribution in [3.63, 3.8) is 0 Å². The maximum Gasteiger partial charge on any atom is 0.261 e. The fourth-order valence-electron chi connectivity index (χ4n) is 4.02. The minimum Gasteiger partial charge on any atom is -0.351 e. The molecule has 0 aliphatic heterocycles. The highest BCUT2D eigenvalue weighted by Gasteiger charge is 2.18. The molecule has 0 bridgehead atoms. The first-order valence-corrected chi connectivity index (χ1v) is 10.8. The predicted molar refractivity (Wildman–Crippen MR) is 113 cm³/mol. The number of carbonyl (C=O) groups excluding carboxylic acids is 1. The SMILES string of the molecule is CN(CCCNC(=O)c1cc(=O)n2c(nc3ccccc32)s1)C1CCCCC1. The molecule has 0 saturated heterocycles. The van der Waals surface area contributed by atoms with Gasteiger partial charge in [-0.05, 0) is 45.0 Å². The molecule has 148 valence electrons. The molecule has 0 unspecified atom stereocenters. The zero-order valence-corrected chi connectivity index (χ0v) is 17.0. The largest absolute Gasteiger partial charge is 0.351 e. The lowest BCUT2D eigenvalue weighted by Gasteiger charge is -2.31. The molecule has 1 fully saturated rings. The zero-order valence-electron chi connectivity index (χ0n) is 16.2. The number of aromatic nitrogens is 2. The topological polar surface area (TPSA) is 66.7 Å². The van der Waals surface area contributed by atoms with E-state index in [0.717, 1.165) is 24.0 Å². The van der Waals surface area contributed by atoms with Gasteiger partial charge in [-0.3, -0.25) is 14.0 Å². The van der Waals surface area contributed by atoms with Crippen LogP contribution in [0.2, 0.25) is 0 Å². The van der Waals surface area contributed by atoms with Crippen LogP contribution >= 0.6 is 11.3 Å². The predicted octanol–water partition coefficient (Wildman–Crippen LogP) is 3.29. The van der Waals surface area contributed by atoms with Gasteiger partial charge >= 0.3 is 0 Å². The van der Waals surface area contributed by atoms with Gasteiger partial charge in [-0.15, -0.1) is 0 Å². The van der Waals surface area contributed by atoms with Crippen LogP contribution in [0.4, 0.5) is 0 Å². The van der Waals surface area contributed by atoms with Gasteiger partial charge in [0, 0.05) is 18.7 Å². The molecule has 1 N–H and O–H groups in total. The molecule has 1 aromatic carbocycles. The van der Waals surface area contributed by atoms with Gasteiger partial charge in [0.15, 0.2) is 4.96 Å². The third-order valence-electron chi connectivity index (χ3n) is 5.60. The van der Waals surface area contributed by atoms with Crippen LogP contribution in [0, 0.1) is 0 Å². The van der Waals surface area contributed by atoms with E-state index >= 15 is 0 Å². The molecule has 0 spiro atoms. The van der Waals surface area contributed by atoms with E-state index in [2.05, 4.69) is 22.2 Å². The number of nitrogens with zero attached hydrogens (tertiary/aromatic N) is 3. The summed E-state index contributed by atoms with van der Waals surface area (Å²) in [5, 5.41) is 2.95. The average Bonchev–Trinajstić information content (AvgIpc) is 3.10. The molecule has 1 saturated carbocycles. The van der Waals surface area contributed by atoms with Gasteiger partial charge in [-0.25, -0.2) is 4.98 Å². The first-order valence-electron chi connectivity index (χ1n) is 10.0. The van der Waals surface area contributed by atoms with Crippen LogP contribution in [0.5, 0.6) is 0 Å². The summed E-state index contributed by atoms with van der Waals surface area (Å²) in [7, 11) is 2.18. The Labute approximate surface area is 168 Å². The normalized spacial score (nSPS) is 15.5. The Balaban J connectivity index is 1.37. The minimum absolute atomic E-state index is 0.197. The lowest BCUT2D eigenvalue weighted by atomic mass is 9.94. The third kappa shape index (κ3) is 3.95. The Morgan fingerprint density at radius 1 is 1.29 bits per heavy atom. The summed E-state index contributed by atoms with van der Waals surface area (Å²) in [4.78, 5) is 32.9. The highest BCUT2D eigenvalue weighted by Crippen LogP contribution is 2.22. The molecule has 7 heteroatoms. The Kier molecular flexibility index (Phi) is 5.73. The first-order chi connectivity index (χ1) is 13.6. The minimum atomic E-state index is -0.218. The van der Waals surface area contributed by atoms with Crippen molar-refractivity contribution in [1.82, 2.24) is 19.6 Å². The van der Waals surface area contributed by atoms with Crippen LogP contribution in [0.25, 0.3) is 16.0 Å². The standard InChI is InChI=1S/C21H26N4O2S/c1-24(15-8-3-2-4-9-15)13-7-12-22-20(27)18-14-19(26)25-17-11-6-5-10-16(17)23-21(25)28-18/h5-6,10-11,14-15H,2-4,7-9,12-13H2,1H3,(H,22,27). The molecule has 2 aromatic heterocycles. The van der Waals surface area contributed by atoms with Crippen molar-refractivity contribution < 1.29 is 4.79 Å². The number of hydrogen-bond acceptors (Lipinski definition) is 5. The Bertz CT molecular complexity index is 1040. The number of nitrogens with one attached hydrogen (secondary N) is 1. The van der Waals surface area contributed by atoms with Crippen molar-refractivity contribution in [2.75, 3.05) is 20.1 Å². The summed E-state index contributed by atoms with van der Waals surface area (Å²) < 4.78 is 1.57. The maximum absolute atomic E-state index is 12.5. The van der Waals surface area contributed by atoms with E-state index in [1.807, 2.05) is 24.3 Å². The van der Waals surface area contributed by atoms with Gasteiger partial charge < -0.3 is 10.2 Å². The Morgan fingerprint density at radius 2 is 2.07 bits per heavy atom. The Hall–Kier alpha value is -2.25. The highest BCUT2D eigenvalue weighted by molar-refractivity contribution is 7.18. The molecule has 1 aliphatic rings. The number of amides is 1. The van der Waals surface area contributed by atoms with Crippen molar-refractivity contribution in [1.29, 1.82) is 0 Å².